The topological polar surface area (TPSA) is 29.1 Å². The van der Waals surface area contributed by atoms with Crippen LogP contribution in [-0.4, -0.2) is 17.4 Å². The molecule has 2 aromatic carbocycles. The van der Waals surface area contributed by atoms with Crippen LogP contribution >= 0.6 is 23.5 Å². The normalized spacial score (nSPS) is 15.8. The summed E-state index contributed by atoms with van der Waals surface area (Å²) in [6.45, 7) is 0. The fraction of sp³-hybridized carbons (Fsp3) is 0.278. The van der Waals surface area contributed by atoms with Gasteiger partial charge in [-0.1, -0.05) is 12.1 Å². The highest BCUT2D eigenvalue weighted by molar-refractivity contribution is 8.16. The summed E-state index contributed by atoms with van der Waals surface area (Å²) in [6, 6.07) is 11.8. The molecule has 0 aliphatic carbocycles. The van der Waals surface area contributed by atoms with Gasteiger partial charge in [0.25, 0.3) is 5.91 Å². The summed E-state index contributed by atoms with van der Waals surface area (Å²) < 4.78 is 38.1. The molecule has 25 heavy (non-hydrogen) atoms. The highest BCUT2D eigenvalue weighted by atomic mass is 32.2. The van der Waals surface area contributed by atoms with E-state index in [1.54, 1.807) is 6.07 Å². The average Bonchev–Trinajstić information content (AvgIpc) is 2.62. The van der Waals surface area contributed by atoms with E-state index >= 15 is 0 Å². The molecule has 132 valence electrons. The van der Waals surface area contributed by atoms with Crippen LogP contribution in [-0.2, 0) is 6.18 Å². The average molecular weight is 383 g/mol. The van der Waals surface area contributed by atoms with Gasteiger partial charge in [-0.25, -0.2) is 0 Å². The van der Waals surface area contributed by atoms with Crippen molar-refractivity contribution in [3.8, 4) is 0 Å². The molecular weight excluding hydrogens is 367 g/mol. The summed E-state index contributed by atoms with van der Waals surface area (Å²) in [5.41, 5.74) is 1.21. The zero-order valence-corrected chi connectivity index (χ0v) is 14.8. The van der Waals surface area contributed by atoms with Gasteiger partial charge >= 0.3 is 6.18 Å². The van der Waals surface area contributed by atoms with Crippen molar-refractivity contribution in [1.82, 2.24) is 0 Å². The largest absolute Gasteiger partial charge is 0.416 e. The first-order valence-electron chi connectivity index (χ1n) is 7.75. The molecule has 1 amide bonds. The number of amides is 1. The first-order valence-corrected chi connectivity index (χ1v) is 9.85. The third-order valence-corrected chi connectivity index (χ3v) is 6.73. The number of alkyl halides is 3. The quantitative estimate of drug-likeness (QED) is 0.723. The molecular formula is C18H16F3NOS2. The molecule has 2 nitrogen and oxygen atoms in total. The summed E-state index contributed by atoms with van der Waals surface area (Å²) in [4.78, 5) is 12.3. The monoisotopic (exact) mass is 383 g/mol. The molecule has 0 radical (unpaired) electrons. The molecule has 1 N–H and O–H groups in total. The van der Waals surface area contributed by atoms with Crippen LogP contribution < -0.4 is 5.32 Å². The number of hydrogen-bond donors (Lipinski definition) is 1. The van der Waals surface area contributed by atoms with Crippen LogP contribution in [0.3, 0.4) is 0 Å². The third kappa shape index (κ3) is 4.73. The van der Waals surface area contributed by atoms with Crippen LogP contribution in [0.4, 0.5) is 18.9 Å². The summed E-state index contributed by atoms with van der Waals surface area (Å²) in [7, 11) is 0. The van der Waals surface area contributed by atoms with Crippen molar-refractivity contribution in [3.63, 3.8) is 0 Å². The molecule has 1 aliphatic heterocycles. The first kappa shape index (κ1) is 18.2. The minimum atomic E-state index is -4.40. The predicted octanol–water partition coefficient (Wildman–Crippen LogP) is 5.83. The van der Waals surface area contributed by atoms with E-state index in [1.807, 2.05) is 41.7 Å². The lowest BCUT2D eigenvalue weighted by atomic mass is 10.1. The Bertz CT molecular complexity index is 741. The zero-order valence-electron chi connectivity index (χ0n) is 13.2. The Morgan fingerprint density at radius 3 is 2.36 bits per heavy atom. The smallest absolute Gasteiger partial charge is 0.322 e. The van der Waals surface area contributed by atoms with E-state index in [1.165, 1.54) is 18.6 Å². The molecule has 0 atom stereocenters. The molecule has 3 rings (SSSR count). The zero-order chi connectivity index (χ0) is 17.9. The summed E-state index contributed by atoms with van der Waals surface area (Å²) in [6.07, 6.45) is -3.20. The number of nitrogens with one attached hydrogen (secondary N) is 1. The second kappa shape index (κ2) is 7.74. The standard InChI is InChI=1S/C18H16F3NOS2/c19-18(20,21)14-7-5-12(6-8-14)16(23)22-15-4-1-3-13(11-15)17-24-9-2-10-25-17/h1,3-8,11,17H,2,9-10H2,(H,22,23). The number of thioether (sulfide) groups is 2. The molecule has 0 bridgehead atoms. The van der Waals surface area contributed by atoms with Crippen LogP contribution in [0.1, 0.15) is 32.5 Å². The molecule has 0 saturated carbocycles. The maximum atomic E-state index is 12.6. The van der Waals surface area contributed by atoms with Crippen molar-refractivity contribution in [1.29, 1.82) is 0 Å². The molecule has 0 unspecified atom stereocenters. The summed E-state index contributed by atoms with van der Waals surface area (Å²) in [5.74, 6) is 1.83. The Kier molecular flexibility index (Phi) is 5.64. The molecule has 1 saturated heterocycles. The van der Waals surface area contributed by atoms with Crippen LogP contribution in [0, 0.1) is 0 Å². The summed E-state index contributed by atoms with van der Waals surface area (Å²) >= 11 is 3.78. The minimum absolute atomic E-state index is 0.194. The van der Waals surface area contributed by atoms with Crippen LogP contribution in [0.15, 0.2) is 48.5 Å². The number of anilines is 1. The molecule has 0 aromatic heterocycles. The number of hydrogen-bond acceptors (Lipinski definition) is 3. The highest BCUT2D eigenvalue weighted by Crippen LogP contribution is 2.44. The third-order valence-electron chi connectivity index (χ3n) is 3.72. The molecule has 0 spiro atoms. The SMILES string of the molecule is O=C(Nc1cccc(C2SCCCS2)c1)c1ccc(C(F)(F)F)cc1. The molecule has 7 heteroatoms. The molecule has 1 fully saturated rings. The number of benzene rings is 2. The molecule has 1 aliphatic rings. The summed E-state index contributed by atoms with van der Waals surface area (Å²) in [5, 5.41) is 2.76. The van der Waals surface area contributed by atoms with E-state index in [4.69, 9.17) is 0 Å². The van der Waals surface area contributed by atoms with Crippen molar-refractivity contribution in [3.05, 3.63) is 65.2 Å². The van der Waals surface area contributed by atoms with Crippen molar-refractivity contribution < 1.29 is 18.0 Å². The van der Waals surface area contributed by atoms with Crippen molar-refractivity contribution >= 4 is 35.1 Å². The van der Waals surface area contributed by atoms with Gasteiger partial charge in [0.2, 0.25) is 0 Å². The van der Waals surface area contributed by atoms with Gasteiger partial charge in [-0.3, -0.25) is 4.79 Å². The van der Waals surface area contributed by atoms with Crippen molar-refractivity contribution in [2.45, 2.75) is 17.2 Å². The van der Waals surface area contributed by atoms with Crippen LogP contribution in [0.5, 0.6) is 0 Å². The number of rotatable bonds is 3. The fourth-order valence-electron chi connectivity index (χ4n) is 2.46. The van der Waals surface area contributed by atoms with Crippen molar-refractivity contribution in [2.24, 2.45) is 0 Å². The Morgan fingerprint density at radius 1 is 1.04 bits per heavy atom. The van der Waals surface area contributed by atoms with Gasteiger partial charge in [0.15, 0.2) is 0 Å². The van der Waals surface area contributed by atoms with Crippen LogP contribution in [0.25, 0.3) is 0 Å². The van der Waals surface area contributed by atoms with Gasteiger partial charge in [-0.2, -0.15) is 13.2 Å². The number of halogens is 3. The highest BCUT2D eigenvalue weighted by Gasteiger charge is 2.30. The fourth-order valence-corrected chi connectivity index (χ4v) is 5.33. The van der Waals surface area contributed by atoms with Gasteiger partial charge in [-0.15, -0.1) is 23.5 Å². The van der Waals surface area contributed by atoms with E-state index in [0.717, 1.165) is 29.2 Å². The Hall–Kier alpha value is -1.60. The van der Waals surface area contributed by atoms with E-state index < -0.39 is 17.6 Å². The maximum Gasteiger partial charge on any atom is 0.416 e. The van der Waals surface area contributed by atoms with Crippen molar-refractivity contribution in [2.75, 3.05) is 16.8 Å². The van der Waals surface area contributed by atoms with Gasteiger partial charge in [-0.05, 0) is 59.9 Å². The molecule has 1 heterocycles. The maximum absolute atomic E-state index is 12.6. The van der Waals surface area contributed by atoms with Gasteiger partial charge in [0, 0.05) is 11.3 Å². The Balaban J connectivity index is 1.70. The lowest BCUT2D eigenvalue weighted by Crippen LogP contribution is -2.13. The van der Waals surface area contributed by atoms with E-state index in [0.29, 0.717) is 10.3 Å². The Labute approximate surface area is 152 Å². The second-order valence-corrected chi connectivity index (χ2v) is 8.31. The lowest BCUT2D eigenvalue weighted by molar-refractivity contribution is -0.137. The number of carbonyl (C=O) groups is 1. The predicted molar refractivity (Wildman–Crippen MR) is 98.1 cm³/mol. The van der Waals surface area contributed by atoms with Crippen LogP contribution in [0.2, 0.25) is 0 Å². The number of carbonyl (C=O) groups excluding carboxylic acids is 1. The van der Waals surface area contributed by atoms with E-state index in [2.05, 4.69) is 5.32 Å². The Morgan fingerprint density at radius 2 is 1.72 bits per heavy atom. The van der Waals surface area contributed by atoms with E-state index in [9.17, 15) is 18.0 Å². The van der Waals surface area contributed by atoms with Gasteiger partial charge in [0.1, 0.15) is 0 Å². The van der Waals surface area contributed by atoms with Gasteiger partial charge in [0.05, 0.1) is 10.1 Å². The van der Waals surface area contributed by atoms with E-state index in [-0.39, 0.29) is 5.56 Å². The lowest BCUT2D eigenvalue weighted by Gasteiger charge is -2.21. The van der Waals surface area contributed by atoms with Gasteiger partial charge < -0.3 is 5.32 Å². The minimum Gasteiger partial charge on any atom is -0.322 e. The first-order chi connectivity index (χ1) is 11.9. The second-order valence-electron chi connectivity index (χ2n) is 5.58. The molecule has 2 aromatic rings.